The first-order valence-electron chi connectivity index (χ1n) is 12.6. The van der Waals surface area contributed by atoms with Gasteiger partial charge in [-0.15, -0.1) is 0 Å². The van der Waals surface area contributed by atoms with Crippen LogP contribution in [-0.2, 0) is 4.79 Å². The summed E-state index contributed by atoms with van der Waals surface area (Å²) in [5.74, 6) is -0.0639. The van der Waals surface area contributed by atoms with Crippen LogP contribution in [0.5, 0.6) is 11.5 Å². The molecule has 0 unspecified atom stereocenters. The van der Waals surface area contributed by atoms with Gasteiger partial charge in [-0.25, -0.2) is 5.43 Å². The fourth-order valence-electron chi connectivity index (χ4n) is 4.54. The molecule has 4 aromatic rings. The maximum absolute atomic E-state index is 12.9. The second-order valence-corrected chi connectivity index (χ2v) is 9.99. The largest absolute Gasteiger partial charge is 0.506 e. The fraction of sp³-hybridized carbons (Fsp3) is 0.167. The minimum Gasteiger partial charge on any atom is -0.506 e. The Labute approximate surface area is 241 Å². The van der Waals surface area contributed by atoms with Gasteiger partial charge in [-0.1, -0.05) is 59.6 Å². The highest BCUT2D eigenvalue weighted by atomic mass is 35.5. The van der Waals surface area contributed by atoms with Crippen LogP contribution in [0.2, 0.25) is 10.0 Å². The lowest BCUT2D eigenvalue weighted by atomic mass is 10.0. The third-order valence-electron chi connectivity index (χ3n) is 6.67. The number of benzene rings is 4. The number of hydrazone groups is 1. The Morgan fingerprint density at radius 1 is 0.900 bits per heavy atom. The molecule has 0 bridgehead atoms. The maximum atomic E-state index is 12.9. The monoisotopic (exact) mass is 576 g/mol. The number of anilines is 1. The first kappa shape index (κ1) is 27.3. The van der Waals surface area contributed by atoms with Gasteiger partial charge in [0.15, 0.2) is 6.61 Å². The van der Waals surface area contributed by atoms with E-state index in [9.17, 15) is 14.7 Å². The van der Waals surface area contributed by atoms with Crippen molar-refractivity contribution in [1.82, 2.24) is 10.3 Å². The van der Waals surface area contributed by atoms with Crippen molar-refractivity contribution in [3.63, 3.8) is 0 Å². The molecule has 8 nitrogen and oxygen atoms in total. The molecule has 5 rings (SSSR count). The number of piperazine rings is 1. The van der Waals surface area contributed by atoms with Gasteiger partial charge in [-0.05, 0) is 47.9 Å². The predicted molar refractivity (Wildman–Crippen MR) is 158 cm³/mol. The topological polar surface area (TPSA) is 94.5 Å². The van der Waals surface area contributed by atoms with Gasteiger partial charge >= 0.3 is 0 Å². The molecule has 40 heavy (non-hydrogen) atoms. The average molecular weight is 577 g/mol. The number of nitrogens with zero attached hydrogens (tertiary/aromatic N) is 3. The molecule has 1 heterocycles. The van der Waals surface area contributed by atoms with Gasteiger partial charge in [0.2, 0.25) is 0 Å². The molecule has 1 aliphatic rings. The normalized spacial score (nSPS) is 13.6. The Balaban J connectivity index is 1.20. The number of hydrogen-bond donors (Lipinski definition) is 2. The Bertz CT molecular complexity index is 1590. The number of halogens is 2. The lowest BCUT2D eigenvalue weighted by Gasteiger charge is -2.36. The van der Waals surface area contributed by atoms with Crippen molar-refractivity contribution in [2.24, 2.45) is 5.10 Å². The summed E-state index contributed by atoms with van der Waals surface area (Å²) < 4.78 is 5.97. The molecule has 0 aromatic heterocycles. The van der Waals surface area contributed by atoms with Crippen molar-refractivity contribution < 1.29 is 19.4 Å². The summed E-state index contributed by atoms with van der Waals surface area (Å²) in [7, 11) is 0. The Hall–Kier alpha value is -4.27. The second-order valence-electron chi connectivity index (χ2n) is 9.17. The molecule has 1 fully saturated rings. The van der Waals surface area contributed by atoms with Crippen molar-refractivity contribution in [3.05, 3.63) is 100 Å². The third-order valence-corrected chi connectivity index (χ3v) is 7.30. The number of para-hydroxylation sites is 1. The number of amides is 2. The number of carbonyl (C=O) groups is 2. The number of carbonyl (C=O) groups excluding carboxylic acids is 2. The molecule has 0 atom stereocenters. The Morgan fingerprint density at radius 2 is 1.62 bits per heavy atom. The molecule has 0 saturated carbocycles. The van der Waals surface area contributed by atoms with E-state index in [1.165, 1.54) is 24.4 Å². The van der Waals surface area contributed by atoms with Crippen LogP contribution >= 0.6 is 23.2 Å². The van der Waals surface area contributed by atoms with Crippen molar-refractivity contribution in [1.29, 1.82) is 0 Å². The SMILES string of the molecule is O=C(N/N=C/c1ccc(OCC(=O)N2CCN(c3ccccc3Cl)CC2)c2ccccc12)c1ccc(O)c(Cl)c1. The number of rotatable bonds is 7. The molecule has 1 aliphatic heterocycles. The molecule has 204 valence electrons. The number of phenolic OH excluding ortho intramolecular Hbond substituents is 1. The van der Waals surface area contributed by atoms with Gasteiger partial charge in [0.25, 0.3) is 11.8 Å². The van der Waals surface area contributed by atoms with Crippen molar-refractivity contribution in [2.45, 2.75) is 0 Å². The molecule has 4 aromatic carbocycles. The van der Waals surface area contributed by atoms with Gasteiger partial charge in [0.05, 0.1) is 21.9 Å². The smallest absolute Gasteiger partial charge is 0.271 e. The van der Waals surface area contributed by atoms with Gasteiger partial charge < -0.3 is 19.6 Å². The molecule has 1 saturated heterocycles. The molecule has 2 N–H and O–H groups in total. The van der Waals surface area contributed by atoms with Crippen LogP contribution in [0.4, 0.5) is 5.69 Å². The standard InChI is InChI=1S/C30H26Cl2N4O4/c31-24-7-3-4-8-26(24)35-13-15-36(16-14-35)29(38)19-40-28-12-10-21(22-5-1-2-6-23(22)28)18-33-34-30(39)20-9-11-27(37)25(32)17-20/h1-12,17-18,37H,13-16,19H2,(H,34,39)/b33-18+. The predicted octanol–water partition coefficient (Wildman–Crippen LogP) is 5.34. The van der Waals surface area contributed by atoms with E-state index in [0.717, 1.165) is 22.0 Å². The molecule has 0 aliphatic carbocycles. The lowest BCUT2D eigenvalue weighted by molar-refractivity contribution is -0.133. The number of nitrogens with one attached hydrogen (secondary N) is 1. The molecule has 2 amide bonds. The van der Waals surface area contributed by atoms with Gasteiger partial charge in [-0.3, -0.25) is 9.59 Å². The van der Waals surface area contributed by atoms with Crippen molar-refractivity contribution in [3.8, 4) is 11.5 Å². The highest BCUT2D eigenvalue weighted by Crippen LogP contribution is 2.29. The Kier molecular flexibility index (Phi) is 8.38. The minimum atomic E-state index is -0.464. The van der Waals surface area contributed by atoms with E-state index in [2.05, 4.69) is 15.4 Å². The van der Waals surface area contributed by atoms with Gasteiger partial charge in [0.1, 0.15) is 11.5 Å². The van der Waals surface area contributed by atoms with Crippen LogP contribution in [0.15, 0.2) is 84.0 Å². The third kappa shape index (κ3) is 6.14. The van der Waals surface area contributed by atoms with Crippen LogP contribution in [0.3, 0.4) is 0 Å². The van der Waals surface area contributed by atoms with Crippen LogP contribution in [0.1, 0.15) is 15.9 Å². The van der Waals surface area contributed by atoms with Crippen molar-refractivity contribution >= 4 is 57.7 Å². The van der Waals surface area contributed by atoms with Crippen LogP contribution in [0.25, 0.3) is 10.8 Å². The summed E-state index contributed by atoms with van der Waals surface area (Å²) in [5.41, 5.74) is 4.47. The van der Waals surface area contributed by atoms with Crippen LogP contribution in [0, 0.1) is 0 Å². The van der Waals surface area contributed by atoms with E-state index in [4.69, 9.17) is 27.9 Å². The zero-order chi connectivity index (χ0) is 28.1. The number of aromatic hydroxyl groups is 1. The van der Waals surface area contributed by atoms with Crippen LogP contribution in [-0.4, -0.2) is 60.8 Å². The minimum absolute atomic E-state index is 0.0746. The van der Waals surface area contributed by atoms with E-state index in [1.54, 1.807) is 11.0 Å². The van der Waals surface area contributed by atoms with E-state index in [-0.39, 0.29) is 28.8 Å². The first-order chi connectivity index (χ1) is 19.4. The molecule has 0 radical (unpaired) electrons. The number of ether oxygens (including phenoxy) is 1. The summed E-state index contributed by atoms with van der Waals surface area (Å²) in [5, 5.41) is 16.1. The summed E-state index contributed by atoms with van der Waals surface area (Å²) in [6.45, 7) is 2.50. The van der Waals surface area contributed by atoms with E-state index in [1.807, 2.05) is 54.6 Å². The van der Waals surface area contributed by atoms with E-state index in [0.29, 0.717) is 37.0 Å². The second kappa shape index (κ2) is 12.3. The van der Waals surface area contributed by atoms with E-state index < -0.39 is 5.91 Å². The van der Waals surface area contributed by atoms with Gasteiger partial charge in [-0.2, -0.15) is 5.10 Å². The zero-order valence-corrected chi connectivity index (χ0v) is 22.9. The lowest BCUT2D eigenvalue weighted by Crippen LogP contribution is -2.50. The zero-order valence-electron chi connectivity index (χ0n) is 21.4. The highest BCUT2D eigenvalue weighted by molar-refractivity contribution is 6.33. The molecular weight excluding hydrogens is 551 g/mol. The number of phenols is 1. The fourth-order valence-corrected chi connectivity index (χ4v) is 4.98. The summed E-state index contributed by atoms with van der Waals surface area (Å²) >= 11 is 12.2. The van der Waals surface area contributed by atoms with Gasteiger partial charge in [0, 0.05) is 42.7 Å². The van der Waals surface area contributed by atoms with E-state index >= 15 is 0 Å². The molecular formula is C30H26Cl2N4O4. The first-order valence-corrected chi connectivity index (χ1v) is 13.4. The van der Waals surface area contributed by atoms with Crippen LogP contribution < -0.4 is 15.1 Å². The average Bonchev–Trinajstić information content (AvgIpc) is 2.98. The highest BCUT2D eigenvalue weighted by Gasteiger charge is 2.23. The quantitative estimate of drug-likeness (QED) is 0.228. The number of hydrogen-bond acceptors (Lipinski definition) is 6. The maximum Gasteiger partial charge on any atom is 0.271 e. The molecule has 10 heteroatoms. The summed E-state index contributed by atoms with van der Waals surface area (Å²) in [6, 6.07) is 23.1. The van der Waals surface area contributed by atoms with Crippen molar-refractivity contribution in [2.75, 3.05) is 37.7 Å². The summed E-state index contributed by atoms with van der Waals surface area (Å²) in [6.07, 6.45) is 1.54. The Morgan fingerprint density at radius 3 is 2.38 bits per heavy atom. The number of fused-ring (bicyclic) bond motifs is 1. The molecule has 0 spiro atoms. The summed E-state index contributed by atoms with van der Waals surface area (Å²) in [4.78, 5) is 29.3.